The standard InChI is InChI=1S/C28H34F3N3O3/c1-34-17-12-21(13-18-34)26(36)33-27(14-2-15-27)22-6-8-23(9-7-22)32-25(35)20-4-10-24(11-5-20)37-19-3-16-28(29,30)31/h4-11,21H,2-3,12-19H2,1H3,(H,32,35)(H,33,36). The molecule has 0 unspecified atom stereocenters. The van der Waals surface area contributed by atoms with E-state index in [0.29, 0.717) is 17.0 Å². The summed E-state index contributed by atoms with van der Waals surface area (Å²) < 4.78 is 42.0. The summed E-state index contributed by atoms with van der Waals surface area (Å²) in [5.74, 6) is 0.309. The lowest BCUT2D eigenvalue weighted by molar-refractivity contribution is -0.136. The zero-order valence-corrected chi connectivity index (χ0v) is 21.1. The Morgan fingerprint density at radius 2 is 1.68 bits per heavy atom. The number of anilines is 1. The highest BCUT2D eigenvalue weighted by Crippen LogP contribution is 2.42. The summed E-state index contributed by atoms with van der Waals surface area (Å²) in [7, 11) is 2.08. The van der Waals surface area contributed by atoms with E-state index in [4.69, 9.17) is 4.74 Å². The van der Waals surface area contributed by atoms with Crippen LogP contribution in [0.15, 0.2) is 48.5 Å². The molecule has 0 radical (unpaired) electrons. The molecule has 1 saturated carbocycles. The molecule has 2 fully saturated rings. The van der Waals surface area contributed by atoms with Crippen molar-refractivity contribution < 1.29 is 27.5 Å². The fraction of sp³-hybridized carbons (Fsp3) is 0.500. The first-order valence-electron chi connectivity index (χ1n) is 12.9. The zero-order valence-electron chi connectivity index (χ0n) is 21.1. The van der Waals surface area contributed by atoms with E-state index >= 15 is 0 Å². The molecule has 1 aliphatic heterocycles. The normalized spacial score (nSPS) is 18.1. The number of nitrogens with one attached hydrogen (secondary N) is 2. The lowest BCUT2D eigenvalue weighted by Crippen LogP contribution is -2.53. The van der Waals surface area contributed by atoms with Gasteiger partial charge in [0.05, 0.1) is 12.1 Å². The van der Waals surface area contributed by atoms with Gasteiger partial charge in [-0.1, -0.05) is 12.1 Å². The monoisotopic (exact) mass is 517 g/mol. The summed E-state index contributed by atoms with van der Waals surface area (Å²) in [6, 6.07) is 13.9. The van der Waals surface area contributed by atoms with Crippen LogP contribution in [-0.4, -0.2) is 49.6 Å². The maximum atomic E-state index is 13.0. The van der Waals surface area contributed by atoms with Crippen molar-refractivity contribution in [1.82, 2.24) is 10.2 Å². The minimum atomic E-state index is -4.19. The summed E-state index contributed by atoms with van der Waals surface area (Å²) in [6.07, 6.45) is -0.563. The van der Waals surface area contributed by atoms with Crippen LogP contribution in [0.2, 0.25) is 0 Å². The molecule has 1 saturated heterocycles. The van der Waals surface area contributed by atoms with Crippen LogP contribution in [0, 0.1) is 5.92 Å². The van der Waals surface area contributed by atoms with Gasteiger partial charge in [-0.25, -0.2) is 0 Å². The molecular formula is C28H34F3N3O3. The minimum Gasteiger partial charge on any atom is -0.494 e. The highest BCUT2D eigenvalue weighted by Gasteiger charge is 2.41. The Hall–Kier alpha value is -3.07. The Labute approximate surface area is 215 Å². The molecule has 0 aromatic heterocycles. The average molecular weight is 518 g/mol. The fourth-order valence-corrected chi connectivity index (χ4v) is 4.87. The van der Waals surface area contributed by atoms with Crippen LogP contribution in [-0.2, 0) is 10.3 Å². The van der Waals surface area contributed by atoms with E-state index in [0.717, 1.165) is 50.8 Å². The van der Waals surface area contributed by atoms with Gasteiger partial charge >= 0.3 is 6.18 Å². The van der Waals surface area contributed by atoms with Crippen molar-refractivity contribution in [2.24, 2.45) is 5.92 Å². The summed E-state index contributed by atoms with van der Waals surface area (Å²) in [6.45, 7) is 1.84. The van der Waals surface area contributed by atoms with E-state index in [1.165, 1.54) is 0 Å². The number of hydrogen-bond acceptors (Lipinski definition) is 4. The van der Waals surface area contributed by atoms with E-state index in [2.05, 4.69) is 22.6 Å². The quantitative estimate of drug-likeness (QED) is 0.431. The number of piperidine rings is 1. The Bertz CT molecular complexity index is 1060. The van der Waals surface area contributed by atoms with Crippen molar-refractivity contribution in [2.45, 2.75) is 56.7 Å². The highest BCUT2D eigenvalue weighted by atomic mass is 19.4. The number of rotatable bonds is 9. The second-order valence-corrected chi connectivity index (χ2v) is 10.1. The molecule has 2 N–H and O–H groups in total. The molecule has 1 aliphatic carbocycles. The summed E-state index contributed by atoms with van der Waals surface area (Å²) in [5, 5.41) is 6.20. The second kappa shape index (κ2) is 11.5. The molecule has 37 heavy (non-hydrogen) atoms. The van der Waals surface area contributed by atoms with Crippen LogP contribution >= 0.6 is 0 Å². The fourth-order valence-electron chi connectivity index (χ4n) is 4.87. The van der Waals surface area contributed by atoms with E-state index in [1.807, 2.05) is 24.3 Å². The number of benzene rings is 2. The van der Waals surface area contributed by atoms with E-state index in [1.54, 1.807) is 24.3 Å². The van der Waals surface area contributed by atoms with Gasteiger partial charge in [-0.2, -0.15) is 13.2 Å². The first-order chi connectivity index (χ1) is 17.6. The van der Waals surface area contributed by atoms with Crippen LogP contribution in [0.3, 0.4) is 0 Å². The van der Waals surface area contributed by atoms with Gasteiger partial charge < -0.3 is 20.3 Å². The van der Waals surface area contributed by atoms with Crippen LogP contribution in [0.4, 0.5) is 18.9 Å². The molecule has 200 valence electrons. The number of carbonyl (C=O) groups is 2. The molecule has 1 heterocycles. The molecule has 2 aliphatic rings. The smallest absolute Gasteiger partial charge is 0.389 e. The lowest BCUT2D eigenvalue weighted by atomic mass is 9.71. The van der Waals surface area contributed by atoms with Gasteiger partial charge in [0, 0.05) is 23.6 Å². The molecule has 0 bridgehead atoms. The molecule has 2 amide bonds. The molecule has 2 aromatic rings. The van der Waals surface area contributed by atoms with Gasteiger partial charge in [0.2, 0.25) is 5.91 Å². The van der Waals surface area contributed by atoms with Gasteiger partial charge in [0.25, 0.3) is 5.91 Å². The molecule has 9 heteroatoms. The van der Waals surface area contributed by atoms with Crippen LogP contribution in [0.5, 0.6) is 5.75 Å². The number of nitrogens with zero attached hydrogens (tertiary/aromatic N) is 1. The topological polar surface area (TPSA) is 70.7 Å². The lowest BCUT2D eigenvalue weighted by Gasteiger charge is -2.44. The number of carbonyl (C=O) groups excluding carboxylic acids is 2. The number of halogens is 3. The van der Waals surface area contributed by atoms with Crippen LogP contribution < -0.4 is 15.4 Å². The highest BCUT2D eigenvalue weighted by molar-refractivity contribution is 6.04. The third-order valence-electron chi connectivity index (χ3n) is 7.34. The van der Waals surface area contributed by atoms with Crippen molar-refractivity contribution in [2.75, 3.05) is 32.1 Å². The van der Waals surface area contributed by atoms with Gasteiger partial charge in [0.1, 0.15) is 5.75 Å². The average Bonchev–Trinajstić information content (AvgIpc) is 2.85. The Kier molecular flexibility index (Phi) is 8.42. The third kappa shape index (κ3) is 7.25. The molecule has 6 nitrogen and oxygen atoms in total. The van der Waals surface area contributed by atoms with Gasteiger partial charge in [-0.15, -0.1) is 0 Å². The van der Waals surface area contributed by atoms with Crippen molar-refractivity contribution in [1.29, 1.82) is 0 Å². The number of ether oxygens (including phenoxy) is 1. The third-order valence-corrected chi connectivity index (χ3v) is 7.34. The van der Waals surface area contributed by atoms with Gasteiger partial charge in [-0.05, 0) is 101 Å². The molecule has 2 aromatic carbocycles. The van der Waals surface area contributed by atoms with Gasteiger partial charge in [-0.3, -0.25) is 9.59 Å². The van der Waals surface area contributed by atoms with Crippen molar-refractivity contribution >= 4 is 17.5 Å². The van der Waals surface area contributed by atoms with E-state index in [9.17, 15) is 22.8 Å². The first kappa shape index (κ1) is 27.0. The zero-order chi connectivity index (χ0) is 26.5. The molecule has 0 atom stereocenters. The number of alkyl halides is 3. The molecule has 0 spiro atoms. The van der Waals surface area contributed by atoms with Crippen molar-refractivity contribution in [3.63, 3.8) is 0 Å². The number of hydrogen-bond donors (Lipinski definition) is 2. The van der Waals surface area contributed by atoms with Crippen molar-refractivity contribution in [3.8, 4) is 5.75 Å². The Morgan fingerprint density at radius 1 is 1.03 bits per heavy atom. The largest absolute Gasteiger partial charge is 0.494 e. The predicted octanol–water partition coefficient (Wildman–Crippen LogP) is 5.50. The first-order valence-corrected chi connectivity index (χ1v) is 12.9. The second-order valence-electron chi connectivity index (χ2n) is 10.1. The van der Waals surface area contributed by atoms with Gasteiger partial charge in [0.15, 0.2) is 0 Å². The summed E-state index contributed by atoms with van der Waals surface area (Å²) in [4.78, 5) is 27.9. The SMILES string of the molecule is CN1CCC(C(=O)NC2(c3ccc(NC(=O)c4ccc(OCCCC(F)(F)F)cc4)cc3)CCC2)CC1. The van der Waals surface area contributed by atoms with E-state index in [-0.39, 0.29) is 36.3 Å². The van der Waals surface area contributed by atoms with E-state index < -0.39 is 12.6 Å². The summed E-state index contributed by atoms with van der Waals surface area (Å²) >= 11 is 0. The number of likely N-dealkylation sites (tertiary alicyclic amines) is 1. The minimum absolute atomic E-state index is 0.0443. The van der Waals surface area contributed by atoms with Crippen LogP contribution in [0.1, 0.15) is 60.9 Å². The predicted molar refractivity (Wildman–Crippen MR) is 136 cm³/mol. The number of amides is 2. The van der Waals surface area contributed by atoms with Crippen LogP contribution in [0.25, 0.3) is 0 Å². The summed E-state index contributed by atoms with van der Waals surface area (Å²) in [5.41, 5.74) is 1.76. The molecular weight excluding hydrogens is 483 g/mol. The maximum absolute atomic E-state index is 13.0. The maximum Gasteiger partial charge on any atom is 0.389 e. The Morgan fingerprint density at radius 3 is 2.24 bits per heavy atom. The molecule has 4 rings (SSSR count). The van der Waals surface area contributed by atoms with Crippen molar-refractivity contribution in [3.05, 3.63) is 59.7 Å². The Balaban J connectivity index is 1.29.